The first kappa shape index (κ1) is 19.3. The number of piperidine rings is 1. The number of amides is 1. The van der Waals surface area contributed by atoms with Crippen LogP contribution in [0.3, 0.4) is 0 Å². The van der Waals surface area contributed by atoms with Crippen molar-refractivity contribution in [1.29, 1.82) is 0 Å². The number of nitrogens with zero attached hydrogens (tertiary/aromatic N) is 3. The number of hydrogen-bond donors (Lipinski definition) is 1. The Bertz CT molecular complexity index is 746. The van der Waals surface area contributed by atoms with Crippen LogP contribution in [0.2, 0.25) is 0 Å². The zero-order valence-electron chi connectivity index (χ0n) is 16.0. The summed E-state index contributed by atoms with van der Waals surface area (Å²) in [6, 6.07) is 6.28. The monoisotopic (exact) mass is 370 g/mol. The van der Waals surface area contributed by atoms with Crippen LogP contribution < -0.4 is 10.2 Å². The van der Waals surface area contributed by atoms with Crippen LogP contribution in [-0.2, 0) is 4.79 Å². The van der Waals surface area contributed by atoms with Crippen LogP contribution in [0, 0.1) is 17.7 Å². The van der Waals surface area contributed by atoms with Crippen LogP contribution in [0.1, 0.15) is 33.1 Å². The predicted molar refractivity (Wildman–Crippen MR) is 105 cm³/mol. The van der Waals surface area contributed by atoms with E-state index in [1.165, 1.54) is 12.1 Å². The summed E-state index contributed by atoms with van der Waals surface area (Å²) in [6.45, 7) is 6.54. The van der Waals surface area contributed by atoms with Gasteiger partial charge in [0, 0.05) is 37.6 Å². The summed E-state index contributed by atoms with van der Waals surface area (Å²) in [5.41, 5.74) is 1.72. The number of nitrogens with one attached hydrogen (secondary N) is 1. The number of aromatic nitrogens is 2. The summed E-state index contributed by atoms with van der Waals surface area (Å²) in [6.07, 6.45) is 6.35. The molecule has 1 aliphatic rings. The highest BCUT2D eigenvalue weighted by Crippen LogP contribution is 2.23. The highest BCUT2D eigenvalue weighted by molar-refractivity contribution is 5.79. The lowest BCUT2D eigenvalue weighted by molar-refractivity contribution is -0.125. The van der Waals surface area contributed by atoms with E-state index in [9.17, 15) is 9.18 Å². The molecule has 0 saturated carbocycles. The first-order valence-electron chi connectivity index (χ1n) is 9.63. The van der Waals surface area contributed by atoms with E-state index in [0.29, 0.717) is 18.4 Å². The molecule has 1 aromatic heterocycles. The number of hydrogen-bond acceptors (Lipinski definition) is 4. The van der Waals surface area contributed by atoms with Crippen molar-refractivity contribution in [1.82, 2.24) is 15.3 Å². The highest BCUT2D eigenvalue weighted by atomic mass is 19.1. The standard InChI is InChI=1S/C21H27FN4O/c1-15(2)9-10-23-20(27)17-4-3-11-26(14-17)21-24-12-18(13-25-21)16-5-7-19(22)8-6-16/h5-8,12-13,15,17H,3-4,9-11,14H2,1-2H3,(H,23,27)/t17-/m1/s1. The van der Waals surface area contributed by atoms with Gasteiger partial charge in [0.1, 0.15) is 5.82 Å². The van der Waals surface area contributed by atoms with Crippen molar-refractivity contribution < 1.29 is 9.18 Å². The third-order valence-electron chi connectivity index (χ3n) is 4.91. The molecule has 3 rings (SSSR count). The molecular weight excluding hydrogens is 343 g/mol. The van der Waals surface area contributed by atoms with E-state index < -0.39 is 0 Å². The summed E-state index contributed by atoms with van der Waals surface area (Å²) in [5.74, 6) is 1.07. The Morgan fingerprint density at radius 2 is 1.93 bits per heavy atom. The lowest BCUT2D eigenvalue weighted by Crippen LogP contribution is -2.44. The topological polar surface area (TPSA) is 58.1 Å². The van der Waals surface area contributed by atoms with Crippen molar-refractivity contribution in [2.75, 3.05) is 24.5 Å². The van der Waals surface area contributed by atoms with Gasteiger partial charge in [-0.3, -0.25) is 4.79 Å². The Balaban J connectivity index is 1.60. The van der Waals surface area contributed by atoms with Gasteiger partial charge in [-0.1, -0.05) is 26.0 Å². The molecule has 0 bridgehead atoms. The van der Waals surface area contributed by atoms with Crippen molar-refractivity contribution in [3.8, 4) is 11.1 Å². The van der Waals surface area contributed by atoms with Crippen LogP contribution in [0.4, 0.5) is 10.3 Å². The van der Waals surface area contributed by atoms with Crippen LogP contribution in [0.5, 0.6) is 0 Å². The van der Waals surface area contributed by atoms with Gasteiger partial charge in [0.05, 0.1) is 5.92 Å². The summed E-state index contributed by atoms with van der Waals surface area (Å²) < 4.78 is 13.1. The average molecular weight is 370 g/mol. The van der Waals surface area contributed by atoms with Gasteiger partial charge in [-0.2, -0.15) is 0 Å². The van der Waals surface area contributed by atoms with Crippen LogP contribution >= 0.6 is 0 Å². The molecule has 1 aromatic carbocycles. The maximum atomic E-state index is 13.1. The molecule has 1 atom stereocenters. The molecule has 0 spiro atoms. The van der Waals surface area contributed by atoms with E-state index in [4.69, 9.17) is 0 Å². The third-order valence-corrected chi connectivity index (χ3v) is 4.91. The fourth-order valence-corrected chi connectivity index (χ4v) is 3.28. The van der Waals surface area contributed by atoms with Gasteiger partial charge in [-0.05, 0) is 42.9 Å². The minimum absolute atomic E-state index is 0.0220. The Kier molecular flexibility index (Phi) is 6.37. The molecule has 0 unspecified atom stereocenters. The molecule has 27 heavy (non-hydrogen) atoms. The fraction of sp³-hybridized carbons (Fsp3) is 0.476. The largest absolute Gasteiger partial charge is 0.356 e. The Morgan fingerprint density at radius 3 is 2.59 bits per heavy atom. The van der Waals surface area contributed by atoms with Crippen molar-refractivity contribution in [3.05, 3.63) is 42.5 Å². The number of rotatable bonds is 6. The molecule has 1 N–H and O–H groups in total. The van der Waals surface area contributed by atoms with Crippen molar-refractivity contribution in [3.63, 3.8) is 0 Å². The maximum Gasteiger partial charge on any atom is 0.225 e. The third kappa shape index (κ3) is 5.25. The second-order valence-corrected chi connectivity index (χ2v) is 7.54. The minimum Gasteiger partial charge on any atom is -0.356 e. The van der Waals surface area contributed by atoms with E-state index in [1.54, 1.807) is 24.5 Å². The first-order valence-corrected chi connectivity index (χ1v) is 9.63. The molecule has 1 amide bonds. The summed E-state index contributed by atoms with van der Waals surface area (Å²) in [7, 11) is 0. The van der Waals surface area contributed by atoms with Gasteiger partial charge in [0.25, 0.3) is 0 Å². The van der Waals surface area contributed by atoms with Gasteiger partial charge in [0.2, 0.25) is 11.9 Å². The molecule has 6 heteroatoms. The molecule has 2 heterocycles. The quantitative estimate of drug-likeness (QED) is 0.843. The van der Waals surface area contributed by atoms with Crippen LogP contribution in [0.25, 0.3) is 11.1 Å². The smallest absolute Gasteiger partial charge is 0.225 e. The second kappa shape index (κ2) is 8.93. The molecule has 1 saturated heterocycles. The zero-order valence-corrected chi connectivity index (χ0v) is 16.0. The van der Waals surface area contributed by atoms with E-state index in [0.717, 1.165) is 43.5 Å². The molecule has 144 valence electrons. The van der Waals surface area contributed by atoms with Gasteiger partial charge >= 0.3 is 0 Å². The van der Waals surface area contributed by atoms with Crippen molar-refractivity contribution in [2.45, 2.75) is 33.1 Å². The van der Waals surface area contributed by atoms with Gasteiger partial charge in [0.15, 0.2) is 0 Å². The number of anilines is 1. The van der Waals surface area contributed by atoms with E-state index in [1.807, 2.05) is 0 Å². The van der Waals surface area contributed by atoms with Crippen molar-refractivity contribution >= 4 is 11.9 Å². The Labute approximate surface area is 160 Å². The van der Waals surface area contributed by atoms with Gasteiger partial charge < -0.3 is 10.2 Å². The number of carbonyl (C=O) groups is 1. The van der Waals surface area contributed by atoms with E-state index >= 15 is 0 Å². The number of benzene rings is 1. The molecule has 5 nitrogen and oxygen atoms in total. The number of carbonyl (C=O) groups excluding carboxylic acids is 1. The highest BCUT2D eigenvalue weighted by Gasteiger charge is 2.26. The molecule has 0 radical (unpaired) electrons. The van der Waals surface area contributed by atoms with Crippen LogP contribution in [0.15, 0.2) is 36.7 Å². The molecule has 2 aromatic rings. The predicted octanol–water partition coefficient (Wildman–Crippen LogP) is 3.66. The second-order valence-electron chi connectivity index (χ2n) is 7.54. The normalized spacial score (nSPS) is 17.2. The fourth-order valence-electron chi connectivity index (χ4n) is 3.28. The lowest BCUT2D eigenvalue weighted by atomic mass is 9.97. The summed E-state index contributed by atoms with van der Waals surface area (Å²) in [5, 5.41) is 3.05. The SMILES string of the molecule is CC(C)CCNC(=O)[C@@H]1CCCN(c2ncc(-c3ccc(F)cc3)cn2)C1. The van der Waals surface area contributed by atoms with E-state index in [-0.39, 0.29) is 17.6 Å². The molecule has 1 fully saturated rings. The number of halogens is 1. The van der Waals surface area contributed by atoms with Crippen LogP contribution in [-0.4, -0.2) is 35.5 Å². The first-order chi connectivity index (χ1) is 13.0. The van der Waals surface area contributed by atoms with Gasteiger partial charge in [-0.15, -0.1) is 0 Å². The lowest BCUT2D eigenvalue weighted by Gasteiger charge is -2.32. The van der Waals surface area contributed by atoms with Crippen molar-refractivity contribution in [2.24, 2.45) is 11.8 Å². The Morgan fingerprint density at radius 1 is 1.22 bits per heavy atom. The summed E-state index contributed by atoms with van der Waals surface area (Å²) in [4.78, 5) is 23.4. The molecular formula is C21H27FN4O. The van der Waals surface area contributed by atoms with Gasteiger partial charge in [-0.25, -0.2) is 14.4 Å². The molecule has 1 aliphatic heterocycles. The summed E-state index contributed by atoms with van der Waals surface area (Å²) >= 11 is 0. The van der Waals surface area contributed by atoms with E-state index in [2.05, 4.69) is 34.0 Å². The average Bonchev–Trinajstić information content (AvgIpc) is 2.68. The zero-order chi connectivity index (χ0) is 19.2. The Hall–Kier alpha value is -2.50. The maximum absolute atomic E-state index is 13.1. The molecule has 0 aliphatic carbocycles. The minimum atomic E-state index is -0.262.